The van der Waals surface area contributed by atoms with Crippen LogP contribution in [0.4, 0.5) is 16.2 Å². The molecule has 2 aromatic carbocycles. The molecule has 3 heterocycles. The molecule has 5 rings (SSSR count). The Morgan fingerprint density at radius 2 is 2.03 bits per heavy atom. The fourth-order valence-electron chi connectivity index (χ4n) is 4.52. The number of carbonyl (C=O) groups excluding carboxylic acids is 1. The van der Waals surface area contributed by atoms with Gasteiger partial charge in [-0.3, -0.25) is 4.79 Å². The normalized spacial score (nSPS) is 15.9. The number of piperidine rings is 1. The van der Waals surface area contributed by atoms with E-state index >= 15 is 0 Å². The molecule has 0 radical (unpaired) electrons. The molecule has 2 N–H and O–H groups in total. The number of hydrogen-bond acceptors (Lipinski definition) is 7. The minimum atomic E-state index is -0.521. The van der Waals surface area contributed by atoms with Gasteiger partial charge in [0.2, 0.25) is 5.95 Å². The van der Waals surface area contributed by atoms with Crippen molar-refractivity contribution < 1.29 is 13.9 Å². The third-order valence-corrected chi connectivity index (χ3v) is 6.61. The number of nitrogens with two attached hydrogens (primary N) is 1. The van der Waals surface area contributed by atoms with Gasteiger partial charge in [-0.2, -0.15) is 4.98 Å². The van der Waals surface area contributed by atoms with Crippen molar-refractivity contribution in [3.8, 4) is 11.3 Å². The Labute approximate surface area is 212 Å². The van der Waals surface area contributed by atoms with Crippen molar-refractivity contribution in [1.82, 2.24) is 19.7 Å². The van der Waals surface area contributed by atoms with E-state index in [1.807, 2.05) is 35.2 Å². The highest BCUT2D eigenvalue weighted by Crippen LogP contribution is 2.35. The second kappa shape index (κ2) is 10.1. The van der Waals surface area contributed by atoms with Gasteiger partial charge >= 0.3 is 5.97 Å². The first-order valence-electron chi connectivity index (χ1n) is 11.9. The van der Waals surface area contributed by atoms with Gasteiger partial charge in [-0.1, -0.05) is 41.9 Å². The molecule has 1 atom stereocenters. The first-order valence-corrected chi connectivity index (χ1v) is 12.3. The van der Waals surface area contributed by atoms with Crippen LogP contribution < -0.4 is 10.6 Å². The van der Waals surface area contributed by atoms with E-state index in [4.69, 9.17) is 32.0 Å². The van der Waals surface area contributed by atoms with Crippen LogP contribution in [0.2, 0.25) is 5.02 Å². The third kappa shape index (κ3) is 4.70. The maximum Gasteiger partial charge on any atom is 0.310 e. The quantitative estimate of drug-likeness (QED) is 0.377. The van der Waals surface area contributed by atoms with Crippen molar-refractivity contribution in [1.29, 1.82) is 0 Å². The topological polar surface area (TPSA) is 99.2 Å². The highest BCUT2D eigenvalue weighted by Gasteiger charge is 2.29. The molecule has 36 heavy (non-hydrogen) atoms. The summed E-state index contributed by atoms with van der Waals surface area (Å²) in [7, 11) is 0. The van der Waals surface area contributed by atoms with Crippen LogP contribution in [0.3, 0.4) is 0 Å². The van der Waals surface area contributed by atoms with Crippen LogP contribution >= 0.6 is 11.6 Å². The summed E-state index contributed by atoms with van der Waals surface area (Å²) in [6.45, 7) is 3.72. The number of nitrogen functional groups attached to an aromatic ring is 1. The number of hydrogen-bond donors (Lipinski definition) is 1. The van der Waals surface area contributed by atoms with E-state index in [0.29, 0.717) is 60.3 Å². The van der Waals surface area contributed by atoms with Crippen LogP contribution in [0.25, 0.3) is 22.3 Å². The average Bonchev–Trinajstić information content (AvgIpc) is 3.21. The Morgan fingerprint density at radius 1 is 1.22 bits per heavy atom. The van der Waals surface area contributed by atoms with Crippen molar-refractivity contribution >= 4 is 40.4 Å². The van der Waals surface area contributed by atoms with Gasteiger partial charge in [-0.15, -0.1) is 5.10 Å². The van der Waals surface area contributed by atoms with Crippen LogP contribution in [-0.2, 0) is 16.1 Å². The van der Waals surface area contributed by atoms with E-state index in [1.165, 1.54) is 12.1 Å². The van der Waals surface area contributed by atoms with Gasteiger partial charge in [0.05, 0.1) is 35.2 Å². The SMILES string of the molecule is CCOC(=O)C1CCCN(c2nc(-c3ccc(F)c(Cl)c3)c3c(N)n(Cc4ccccc4)nc3n2)C1. The minimum Gasteiger partial charge on any atom is -0.466 e. The summed E-state index contributed by atoms with van der Waals surface area (Å²) in [4.78, 5) is 23.9. The van der Waals surface area contributed by atoms with Crippen molar-refractivity contribution in [2.75, 3.05) is 30.3 Å². The fourth-order valence-corrected chi connectivity index (χ4v) is 4.71. The van der Waals surface area contributed by atoms with E-state index in [1.54, 1.807) is 17.7 Å². The molecule has 0 spiro atoms. The smallest absolute Gasteiger partial charge is 0.310 e. The molecule has 4 aromatic rings. The van der Waals surface area contributed by atoms with Gasteiger partial charge in [-0.25, -0.2) is 14.1 Å². The highest BCUT2D eigenvalue weighted by molar-refractivity contribution is 6.31. The van der Waals surface area contributed by atoms with Gasteiger partial charge in [0, 0.05) is 18.7 Å². The average molecular weight is 509 g/mol. The van der Waals surface area contributed by atoms with Crippen molar-refractivity contribution in [2.45, 2.75) is 26.3 Å². The molecule has 10 heteroatoms. The molecular weight excluding hydrogens is 483 g/mol. The number of fused-ring (bicyclic) bond motifs is 1. The number of carbonyl (C=O) groups is 1. The summed E-state index contributed by atoms with van der Waals surface area (Å²) in [5.41, 5.74) is 9.11. The summed E-state index contributed by atoms with van der Waals surface area (Å²) in [5, 5.41) is 5.24. The van der Waals surface area contributed by atoms with Crippen molar-refractivity contribution in [2.24, 2.45) is 5.92 Å². The van der Waals surface area contributed by atoms with Crippen LogP contribution in [0.15, 0.2) is 48.5 Å². The summed E-state index contributed by atoms with van der Waals surface area (Å²) in [6, 6.07) is 14.3. The van der Waals surface area contributed by atoms with Gasteiger partial charge in [-0.05, 0) is 43.5 Å². The molecule has 1 saturated heterocycles. The van der Waals surface area contributed by atoms with Crippen LogP contribution in [0, 0.1) is 11.7 Å². The van der Waals surface area contributed by atoms with Crippen molar-refractivity contribution in [3.63, 3.8) is 0 Å². The molecule has 0 saturated carbocycles. The third-order valence-electron chi connectivity index (χ3n) is 6.32. The first kappa shape index (κ1) is 24.0. The van der Waals surface area contributed by atoms with Crippen LogP contribution in [-0.4, -0.2) is 45.4 Å². The molecule has 1 fully saturated rings. The van der Waals surface area contributed by atoms with Gasteiger partial charge < -0.3 is 15.4 Å². The van der Waals surface area contributed by atoms with E-state index in [-0.39, 0.29) is 16.9 Å². The number of nitrogens with zero attached hydrogens (tertiary/aromatic N) is 5. The maximum atomic E-state index is 13.9. The molecule has 8 nitrogen and oxygen atoms in total. The van der Waals surface area contributed by atoms with E-state index in [0.717, 1.165) is 18.4 Å². The van der Waals surface area contributed by atoms with E-state index < -0.39 is 5.82 Å². The molecule has 186 valence electrons. The largest absolute Gasteiger partial charge is 0.466 e. The molecule has 0 bridgehead atoms. The number of halogens is 2. The summed E-state index contributed by atoms with van der Waals surface area (Å²) >= 11 is 6.11. The zero-order valence-corrected chi connectivity index (χ0v) is 20.6. The number of ether oxygens (including phenoxy) is 1. The monoisotopic (exact) mass is 508 g/mol. The molecule has 1 aliphatic rings. The molecule has 2 aromatic heterocycles. The summed E-state index contributed by atoms with van der Waals surface area (Å²) < 4.78 is 20.9. The van der Waals surface area contributed by atoms with Crippen LogP contribution in [0.1, 0.15) is 25.3 Å². The van der Waals surface area contributed by atoms with Gasteiger partial charge in [0.15, 0.2) is 5.65 Å². The molecule has 0 aliphatic carbocycles. The Hall–Kier alpha value is -3.72. The number of benzene rings is 2. The lowest BCUT2D eigenvalue weighted by molar-refractivity contribution is -0.148. The maximum absolute atomic E-state index is 13.9. The molecule has 1 unspecified atom stereocenters. The first-order chi connectivity index (χ1) is 17.4. The Bertz CT molecular complexity index is 1410. The standard InChI is InChI=1S/C26H26ClFN6O2/c1-2-36-25(35)18-9-6-12-33(15-18)26-30-22(17-10-11-20(28)19(27)13-17)21-23(29)34(32-24(21)31-26)14-16-7-4-3-5-8-16/h3-5,7-8,10-11,13,18H,2,6,9,12,14-15,29H2,1H3. The van der Waals surface area contributed by atoms with Crippen LogP contribution in [0.5, 0.6) is 0 Å². The van der Waals surface area contributed by atoms with E-state index in [2.05, 4.69) is 5.10 Å². The van der Waals surface area contributed by atoms with Gasteiger partial charge in [0.25, 0.3) is 0 Å². The number of rotatable bonds is 6. The van der Waals surface area contributed by atoms with Crippen molar-refractivity contribution in [3.05, 3.63) is 64.9 Å². The number of anilines is 2. The zero-order chi connectivity index (χ0) is 25.2. The number of aromatic nitrogens is 4. The highest BCUT2D eigenvalue weighted by atomic mass is 35.5. The summed E-state index contributed by atoms with van der Waals surface area (Å²) in [6.07, 6.45) is 1.55. The molecular formula is C26H26ClFN6O2. The van der Waals surface area contributed by atoms with Gasteiger partial charge in [0.1, 0.15) is 11.6 Å². The van der Waals surface area contributed by atoms with E-state index in [9.17, 15) is 9.18 Å². The molecule has 0 amide bonds. The lowest BCUT2D eigenvalue weighted by Crippen LogP contribution is -2.40. The Morgan fingerprint density at radius 3 is 2.78 bits per heavy atom. The lowest BCUT2D eigenvalue weighted by Gasteiger charge is -2.31. The second-order valence-electron chi connectivity index (χ2n) is 8.77. The Balaban J connectivity index is 1.61. The Kier molecular flexibility index (Phi) is 6.73. The zero-order valence-electron chi connectivity index (χ0n) is 19.8. The summed E-state index contributed by atoms with van der Waals surface area (Å²) in [5.74, 6) is -0.171. The molecule has 1 aliphatic heterocycles. The predicted molar refractivity (Wildman–Crippen MR) is 137 cm³/mol. The fraction of sp³-hybridized carbons (Fsp3) is 0.308. The predicted octanol–water partition coefficient (Wildman–Crippen LogP) is 4.70. The second-order valence-corrected chi connectivity index (χ2v) is 9.17. The number of esters is 1. The minimum absolute atomic E-state index is 0.0172. The lowest BCUT2D eigenvalue weighted by atomic mass is 9.98.